The highest BCUT2D eigenvalue weighted by Crippen LogP contribution is 2.24. The number of rotatable bonds is 6. The van der Waals surface area contributed by atoms with Gasteiger partial charge >= 0.3 is 0 Å². The van der Waals surface area contributed by atoms with Crippen LogP contribution >= 0.6 is 0 Å². The maximum atomic E-state index is 12.5. The molecule has 1 amide bonds. The lowest BCUT2D eigenvalue weighted by Gasteiger charge is -2.20. The van der Waals surface area contributed by atoms with Crippen molar-refractivity contribution in [1.82, 2.24) is 10.5 Å². The molecule has 0 saturated carbocycles. The maximum absolute atomic E-state index is 12.5. The lowest BCUT2D eigenvalue weighted by molar-refractivity contribution is -0.123. The van der Waals surface area contributed by atoms with E-state index < -0.39 is 6.04 Å². The van der Waals surface area contributed by atoms with Gasteiger partial charge in [-0.1, -0.05) is 36.3 Å². The topological polar surface area (TPSA) is 75.4 Å². The van der Waals surface area contributed by atoms with Crippen molar-refractivity contribution in [3.05, 3.63) is 52.4 Å². The number of aromatic nitrogens is 1. The lowest BCUT2D eigenvalue weighted by atomic mass is 9.97. The fourth-order valence-electron chi connectivity index (χ4n) is 2.76. The number of aliphatic hydroxyl groups is 1. The summed E-state index contributed by atoms with van der Waals surface area (Å²) in [5.41, 5.74) is 3.64. The minimum atomic E-state index is -0.420. The van der Waals surface area contributed by atoms with Crippen LogP contribution < -0.4 is 5.32 Å². The summed E-state index contributed by atoms with van der Waals surface area (Å²) in [6.07, 6.45) is 0.958. The van der Waals surface area contributed by atoms with Crippen LogP contribution in [0.5, 0.6) is 0 Å². The molecule has 0 aliphatic carbocycles. The molecular formula is C18H24N2O3. The van der Waals surface area contributed by atoms with Gasteiger partial charge in [0, 0.05) is 5.56 Å². The summed E-state index contributed by atoms with van der Waals surface area (Å²) in [7, 11) is 0. The Morgan fingerprint density at radius 2 is 1.96 bits per heavy atom. The number of aryl methyl sites for hydroxylation is 3. The van der Waals surface area contributed by atoms with Gasteiger partial charge in [-0.15, -0.1) is 0 Å². The number of benzene rings is 1. The predicted octanol–water partition coefficient (Wildman–Crippen LogP) is 2.81. The van der Waals surface area contributed by atoms with E-state index in [0.29, 0.717) is 5.76 Å². The van der Waals surface area contributed by atoms with Crippen LogP contribution in [0.2, 0.25) is 0 Å². The van der Waals surface area contributed by atoms with Gasteiger partial charge in [0.15, 0.2) is 0 Å². The van der Waals surface area contributed by atoms with E-state index in [9.17, 15) is 9.90 Å². The van der Waals surface area contributed by atoms with Crippen molar-refractivity contribution in [2.75, 3.05) is 6.61 Å². The Labute approximate surface area is 136 Å². The summed E-state index contributed by atoms with van der Waals surface area (Å²) >= 11 is 0. The van der Waals surface area contributed by atoms with E-state index in [2.05, 4.69) is 17.4 Å². The van der Waals surface area contributed by atoms with E-state index in [1.807, 2.05) is 38.1 Å². The van der Waals surface area contributed by atoms with E-state index in [-0.39, 0.29) is 18.4 Å². The Morgan fingerprint density at radius 1 is 1.30 bits per heavy atom. The Balaban J connectivity index is 2.12. The molecule has 23 heavy (non-hydrogen) atoms. The molecule has 124 valence electrons. The molecule has 2 aromatic rings. The third-order valence-corrected chi connectivity index (χ3v) is 4.20. The molecule has 0 bridgehead atoms. The maximum Gasteiger partial charge on any atom is 0.228 e. The number of hydrogen-bond acceptors (Lipinski definition) is 4. The fraction of sp³-hybridized carbons (Fsp3) is 0.444. The number of nitrogens with one attached hydrogen (secondary N) is 1. The molecule has 5 nitrogen and oxygen atoms in total. The van der Waals surface area contributed by atoms with Crippen LogP contribution in [0.25, 0.3) is 0 Å². The van der Waals surface area contributed by atoms with Crippen LogP contribution in [-0.4, -0.2) is 22.8 Å². The molecule has 0 radical (unpaired) electrons. The molecule has 2 N–H and O–H groups in total. The third kappa shape index (κ3) is 3.79. The molecule has 2 unspecified atom stereocenters. The number of amides is 1. The molecule has 2 rings (SSSR count). The summed E-state index contributed by atoms with van der Waals surface area (Å²) < 4.78 is 5.13. The largest absolute Gasteiger partial charge is 0.394 e. The number of nitrogens with zero attached hydrogens (tertiary/aromatic N) is 1. The normalized spacial score (nSPS) is 13.6. The van der Waals surface area contributed by atoms with Gasteiger partial charge in [0.1, 0.15) is 5.76 Å². The second-order valence-electron chi connectivity index (χ2n) is 5.80. The first-order chi connectivity index (χ1) is 11.0. The number of aliphatic hydroxyl groups excluding tert-OH is 1. The summed E-state index contributed by atoms with van der Waals surface area (Å²) in [6.45, 7) is 7.38. The van der Waals surface area contributed by atoms with Gasteiger partial charge in [-0.3, -0.25) is 4.79 Å². The van der Waals surface area contributed by atoms with Gasteiger partial charge in [0.2, 0.25) is 5.91 Å². The predicted molar refractivity (Wildman–Crippen MR) is 88.2 cm³/mol. The number of hydrogen-bond donors (Lipinski definition) is 2. The number of carbonyl (C=O) groups excluding carboxylic acids is 1. The van der Waals surface area contributed by atoms with Gasteiger partial charge in [-0.05, 0) is 38.3 Å². The third-order valence-electron chi connectivity index (χ3n) is 4.20. The molecular weight excluding hydrogens is 292 g/mol. The monoisotopic (exact) mass is 316 g/mol. The fourth-order valence-corrected chi connectivity index (χ4v) is 2.76. The summed E-state index contributed by atoms with van der Waals surface area (Å²) in [4.78, 5) is 12.5. The first kappa shape index (κ1) is 17.2. The van der Waals surface area contributed by atoms with Gasteiger partial charge in [-0.2, -0.15) is 0 Å². The van der Waals surface area contributed by atoms with Crippen molar-refractivity contribution in [1.29, 1.82) is 0 Å². The molecule has 0 aliphatic rings. The summed E-state index contributed by atoms with van der Waals surface area (Å²) in [6, 6.07) is 7.50. The molecule has 0 saturated heterocycles. The SMILES string of the molecule is CCc1ccc(C(CO)NC(=O)C(C)c2c(C)noc2C)cc1. The molecule has 0 aliphatic heterocycles. The van der Waals surface area contributed by atoms with Gasteiger partial charge in [-0.25, -0.2) is 0 Å². The van der Waals surface area contributed by atoms with Crippen LogP contribution in [0.1, 0.15) is 54.0 Å². The van der Waals surface area contributed by atoms with Crippen LogP contribution in [0.3, 0.4) is 0 Å². The highest BCUT2D eigenvalue weighted by Gasteiger charge is 2.25. The van der Waals surface area contributed by atoms with Crippen molar-refractivity contribution in [2.45, 2.75) is 46.1 Å². The van der Waals surface area contributed by atoms with Crippen molar-refractivity contribution < 1.29 is 14.4 Å². The summed E-state index contributed by atoms with van der Waals surface area (Å²) in [5.74, 6) is 0.112. The molecule has 5 heteroatoms. The first-order valence-electron chi connectivity index (χ1n) is 7.90. The Kier molecular flexibility index (Phi) is 5.55. The molecule has 1 heterocycles. The van der Waals surface area contributed by atoms with Gasteiger partial charge in [0.05, 0.1) is 24.3 Å². The van der Waals surface area contributed by atoms with Crippen molar-refractivity contribution in [3.63, 3.8) is 0 Å². The smallest absolute Gasteiger partial charge is 0.228 e. The van der Waals surface area contributed by atoms with E-state index in [4.69, 9.17) is 4.52 Å². The van der Waals surface area contributed by atoms with Gasteiger partial charge in [0.25, 0.3) is 0 Å². The average Bonchev–Trinajstić information content (AvgIpc) is 2.90. The minimum Gasteiger partial charge on any atom is -0.394 e. The number of carbonyl (C=O) groups is 1. The second-order valence-corrected chi connectivity index (χ2v) is 5.80. The van der Waals surface area contributed by atoms with E-state index in [1.54, 1.807) is 6.92 Å². The molecule has 0 spiro atoms. The van der Waals surface area contributed by atoms with E-state index in [1.165, 1.54) is 5.56 Å². The second kappa shape index (κ2) is 7.42. The standard InChI is InChI=1S/C18H24N2O3/c1-5-14-6-8-15(9-7-14)16(10-21)19-18(22)11(2)17-12(3)20-23-13(17)4/h6-9,11,16,21H,5,10H2,1-4H3,(H,19,22). The van der Waals surface area contributed by atoms with E-state index in [0.717, 1.165) is 23.2 Å². The van der Waals surface area contributed by atoms with E-state index >= 15 is 0 Å². The minimum absolute atomic E-state index is 0.147. The molecule has 0 fully saturated rings. The summed E-state index contributed by atoms with van der Waals surface area (Å²) in [5, 5.41) is 16.4. The quantitative estimate of drug-likeness (QED) is 0.859. The molecule has 1 aromatic carbocycles. The highest BCUT2D eigenvalue weighted by atomic mass is 16.5. The lowest BCUT2D eigenvalue weighted by Crippen LogP contribution is -2.34. The Bertz CT molecular complexity index is 642. The molecule has 2 atom stereocenters. The zero-order chi connectivity index (χ0) is 17.0. The highest BCUT2D eigenvalue weighted by molar-refractivity contribution is 5.84. The zero-order valence-electron chi connectivity index (χ0n) is 14.1. The van der Waals surface area contributed by atoms with Crippen LogP contribution in [0.4, 0.5) is 0 Å². The van der Waals surface area contributed by atoms with Crippen molar-refractivity contribution >= 4 is 5.91 Å². The van der Waals surface area contributed by atoms with Gasteiger partial charge < -0.3 is 14.9 Å². The molecule has 1 aromatic heterocycles. The van der Waals surface area contributed by atoms with Crippen molar-refractivity contribution in [2.24, 2.45) is 0 Å². The van der Waals surface area contributed by atoms with Crippen LogP contribution in [0.15, 0.2) is 28.8 Å². The zero-order valence-corrected chi connectivity index (χ0v) is 14.1. The van der Waals surface area contributed by atoms with Crippen LogP contribution in [-0.2, 0) is 11.2 Å². The van der Waals surface area contributed by atoms with Crippen molar-refractivity contribution in [3.8, 4) is 0 Å². The first-order valence-corrected chi connectivity index (χ1v) is 7.90. The Hall–Kier alpha value is -2.14. The Morgan fingerprint density at radius 3 is 2.43 bits per heavy atom. The van der Waals surface area contributed by atoms with Crippen LogP contribution in [0, 0.1) is 13.8 Å². The average molecular weight is 316 g/mol.